The Morgan fingerprint density at radius 1 is 1.05 bits per heavy atom. The second-order valence-electron chi connectivity index (χ2n) is 13.4. The quantitative estimate of drug-likeness (QED) is 0.332. The number of esters is 1. The van der Waals surface area contributed by atoms with Gasteiger partial charge in [-0.15, -0.1) is 0 Å². The van der Waals surface area contributed by atoms with E-state index in [1.54, 1.807) is 0 Å². The molecule has 10 atom stereocenters. The molecule has 5 rings (SSSR count). The predicted octanol–water partition coefficient (Wildman–Crippen LogP) is 6.69. The van der Waals surface area contributed by atoms with Gasteiger partial charge >= 0.3 is 5.97 Å². The van der Waals surface area contributed by atoms with Crippen LogP contribution in [0.5, 0.6) is 0 Å². The molecule has 4 fully saturated rings. The van der Waals surface area contributed by atoms with Gasteiger partial charge in [-0.1, -0.05) is 57.2 Å². The summed E-state index contributed by atoms with van der Waals surface area (Å²) in [6, 6.07) is 9.89. The maximum atomic E-state index is 12.5. The minimum Gasteiger partial charge on any atom is -0.461 e. The van der Waals surface area contributed by atoms with Gasteiger partial charge in [-0.25, -0.2) is 0 Å². The number of allylic oxidation sites excluding steroid dienone is 1. The van der Waals surface area contributed by atoms with E-state index < -0.39 is 0 Å². The van der Waals surface area contributed by atoms with Crippen molar-refractivity contribution < 1.29 is 19.7 Å². The van der Waals surface area contributed by atoms with Crippen LogP contribution in [0.15, 0.2) is 42.0 Å². The van der Waals surface area contributed by atoms with Gasteiger partial charge in [0.25, 0.3) is 0 Å². The number of ether oxygens (including phenoxy) is 1. The van der Waals surface area contributed by atoms with Crippen molar-refractivity contribution in [3.05, 3.63) is 47.5 Å². The Labute approximate surface area is 223 Å². The lowest BCUT2D eigenvalue weighted by Crippen LogP contribution is -2.59. The number of rotatable bonds is 6. The van der Waals surface area contributed by atoms with Gasteiger partial charge in [0.2, 0.25) is 0 Å². The molecule has 1 aromatic rings. The number of hydrogen-bond donors (Lipinski definition) is 2. The molecular weight excluding hydrogens is 460 g/mol. The number of aliphatic hydroxyl groups is 2. The fourth-order valence-electron chi connectivity index (χ4n) is 9.81. The lowest BCUT2D eigenvalue weighted by atomic mass is 9.42. The third-order valence-corrected chi connectivity index (χ3v) is 11.7. The molecule has 4 aliphatic rings. The lowest BCUT2D eigenvalue weighted by Gasteiger charge is -2.63. The molecule has 4 saturated carbocycles. The first kappa shape index (κ1) is 26.9. The Hall–Kier alpha value is -1.65. The summed E-state index contributed by atoms with van der Waals surface area (Å²) >= 11 is 0. The molecule has 0 amide bonds. The maximum Gasteiger partial charge on any atom is 0.306 e. The van der Waals surface area contributed by atoms with Crippen LogP contribution in [0.3, 0.4) is 0 Å². The standard InChI is InChI=1S/C33H48O4/c1-5-24-28-19-23(34)15-17-33(28,4)27-16-18-32(3)25(12-13-26(32)30(27)31(24)36)21(2)11-14-29(35)37-20-22-9-7-6-8-10-22/h5-10,21,23,25-28,30-31,34,36H,11-20H2,1-4H3/b24-5-. The number of aliphatic hydroxyl groups excluding tert-OH is 2. The molecule has 1 aromatic carbocycles. The van der Waals surface area contributed by atoms with E-state index >= 15 is 0 Å². The highest BCUT2D eigenvalue weighted by Crippen LogP contribution is 2.69. The van der Waals surface area contributed by atoms with Crippen molar-refractivity contribution >= 4 is 5.97 Å². The fourth-order valence-corrected chi connectivity index (χ4v) is 9.81. The molecule has 0 spiro atoms. The molecule has 0 aliphatic heterocycles. The van der Waals surface area contributed by atoms with Gasteiger partial charge in [-0.05, 0) is 116 Å². The summed E-state index contributed by atoms with van der Waals surface area (Å²) in [5.74, 6) is 2.63. The molecule has 0 heterocycles. The summed E-state index contributed by atoms with van der Waals surface area (Å²) < 4.78 is 5.55. The summed E-state index contributed by atoms with van der Waals surface area (Å²) in [5.41, 5.74) is 2.62. The van der Waals surface area contributed by atoms with E-state index in [4.69, 9.17) is 4.74 Å². The van der Waals surface area contributed by atoms with E-state index in [9.17, 15) is 15.0 Å². The van der Waals surface area contributed by atoms with Crippen LogP contribution in [0.2, 0.25) is 0 Å². The molecule has 0 saturated heterocycles. The average molecular weight is 509 g/mol. The van der Waals surface area contributed by atoms with Gasteiger partial charge in [0, 0.05) is 6.42 Å². The van der Waals surface area contributed by atoms with Crippen LogP contribution in [0.4, 0.5) is 0 Å². The van der Waals surface area contributed by atoms with Gasteiger partial charge in [0.1, 0.15) is 6.61 Å². The highest BCUT2D eigenvalue weighted by atomic mass is 16.5. The van der Waals surface area contributed by atoms with E-state index in [0.717, 1.165) is 31.2 Å². The Kier molecular flexibility index (Phi) is 7.64. The van der Waals surface area contributed by atoms with Crippen molar-refractivity contribution in [3.8, 4) is 0 Å². The molecule has 0 radical (unpaired) electrons. The monoisotopic (exact) mass is 508 g/mol. The van der Waals surface area contributed by atoms with E-state index in [2.05, 4.69) is 33.8 Å². The van der Waals surface area contributed by atoms with Crippen molar-refractivity contribution in [2.75, 3.05) is 0 Å². The number of carbonyl (C=O) groups is 1. The molecule has 0 aromatic heterocycles. The molecule has 4 heteroatoms. The van der Waals surface area contributed by atoms with E-state index in [0.29, 0.717) is 48.5 Å². The summed E-state index contributed by atoms with van der Waals surface area (Å²) in [7, 11) is 0. The first-order valence-corrected chi connectivity index (χ1v) is 14.9. The topological polar surface area (TPSA) is 66.8 Å². The second-order valence-corrected chi connectivity index (χ2v) is 13.4. The molecule has 0 bridgehead atoms. The largest absolute Gasteiger partial charge is 0.461 e. The second kappa shape index (κ2) is 10.5. The Morgan fingerprint density at radius 3 is 2.49 bits per heavy atom. The van der Waals surface area contributed by atoms with E-state index in [-0.39, 0.29) is 29.0 Å². The van der Waals surface area contributed by atoms with Crippen LogP contribution in [-0.4, -0.2) is 28.4 Å². The van der Waals surface area contributed by atoms with Crippen LogP contribution in [-0.2, 0) is 16.1 Å². The van der Waals surface area contributed by atoms with Crippen LogP contribution in [0, 0.1) is 46.3 Å². The fraction of sp³-hybridized carbons (Fsp3) is 0.727. The minimum absolute atomic E-state index is 0.0991. The normalized spacial score (nSPS) is 43.0. The zero-order valence-corrected chi connectivity index (χ0v) is 23.4. The van der Waals surface area contributed by atoms with Crippen LogP contribution < -0.4 is 0 Å². The van der Waals surface area contributed by atoms with Crippen molar-refractivity contribution in [1.82, 2.24) is 0 Å². The highest BCUT2D eigenvalue weighted by molar-refractivity contribution is 5.69. The third kappa shape index (κ3) is 4.71. The SMILES string of the molecule is C/C=C1\C(O)C2C(CCC3(C)C(C(C)CCC(=O)OCc4ccccc4)CCC23)C2(C)CCC(O)CC12. The molecule has 4 aliphatic carbocycles. The van der Waals surface area contributed by atoms with Crippen LogP contribution in [0.25, 0.3) is 0 Å². The molecule has 10 unspecified atom stereocenters. The summed E-state index contributed by atoms with van der Waals surface area (Å²) in [5, 5.41) is 22.3. The van der Waals surface area contributed by atoms with Crippen molar-refractivity contribution in [1.29, 1.82) is 0 Å². The molecule has 4 nitrogen and oxygen atoms in total. The zero-order valence-electron chi connectivity index (χ0n) is 23.4. The van der Waals surface area contributed by atoms with Crippen LogP contribution >= 0.6 is 0 Å². The number of hydrogen-bond acceptors (Lipinski definition) is 4. The van der Waals surface area contributed by atoms with Crippen molar-refractivity contribution in [3.63, 3.8) is 0 Å². The van der Waals surface area contributed by atoms with Gasteiger partial charge < -0.3 is 14.9 Å². The van der Waals surface area contributed by atoms with Crippen molar-refractivity contribution in [2.24, 2.45) is 46.3 Å². The number of benzene rings is 1. The smallest absolute Gasteiger partial charge is 0.306 e. The summed E-state index contributed by atoms with van der Waals surface area (Å²) in [6.45, 7) is 9.73. The molecule has 37 heavy (non-hydrogen) atoms. The highest BCUT2D eigenvalue weighted by Gasteiger charge is 2.63. The Morgan fingerprint density at radius 2 is 1.76 bits per heavy atom. The first-order chi connectivity index (χ1) is 17.7. The molecular formula is C33H48O4. The summed E-state index contributed by atoms with van der Waals surface area (Å²) in [4.78, 5) is 12.5. The average Bonchev–Trinajstić information content (AvgIpc) is 3.25. The number of fused-ring (bicyclic) bond motifs is 5. The first-order valence-electron chi connectivity index (χ1n) is 14.9. The molecule has 2 N–H and O–H groups in total. The van der Waals surface area contributed by atoms with Gasteiger partial charge in [-0.3, -0.25) is 4.79 Å². The Balaban J connectivity index is 1.26. The number of carbonyl (C=O) groups excluding carboxylic acids is 1. The maximum absolute atomic E-state index is 12.5. The summed E-state index contributed by atoms with van der Waals surface area (Å²) in [6.07, 6.45) is 10.4. The minimum atomic E-state index is -0.384. The van der Waals surface area contributed by atoms with Gasteiger partial charge in [-0.2, -0.15) is 0 Å². The lowest BCUT2D eigenvalue weighted by molar-refractivity contribution is -0.149. The predicted molar refractivity (Wildman–Crippen MR) is 146 cm³/mol. The molecule has 204 valence electrons. The third-order valence-electron chi connectivity index (χ3n) is 11.7. The Bertz CT molecular complexity index is 987. The van der Waals surface area contributed by atoms with Gasteiger partial charge in [0.15, 0.2) is 0 Å². The van der Waals surface area contributed by atoms with Gasteiger partial charge in [0.05, 0.1) is 12.2 Å². The van der Waals surface area contributed by atoms with E-state index in [1.807, 2.05) is 30.3 Å². The van der Waals surface area contributed by atoms with E-state index in [1.165, 1.54) is 31.3 Å². The van der Waals surface area contributed by atoms with Crippen molar-refractivity contribution in [2.45, 2.75) is 104 Å². The van der Waals surface area contributed by atoms with Crippen LogP contribution in [0.1, 0.15) is 91.0 Å². The zero-order chi connectivity index (χ0) is 26.4.